The lowest BCUT2D eigenvalue weighted by molar-refractivity contribution is -0.116. The van der Waals surface area contributed by atoms with Crippen molar-refractivity contribution in [3.8, 4) is 11.5 Å². The number of aryl methyl sites for hydroxylation is 3. The number of nitrogens with zero attached hydrogens (tertiary/aromatic N) is 1. The lowest BCUT2D eigenvalue weighted by Crippen LogP contribution is -2.30. The number of rotatable bonds is 8. The van der Waals surface area contributed by atoms with Gasteiger partial charge in [0, 0.05) is 27.7 Å². The van der Waals surface area contributed by atoms with Crippen molar-refractivity contribution < 1.29 is 14.3 Å². The smallest absolute Gasteiger partial charge is 0.254 e. The normalized spacial score (nSPS) is 10.9. The standard InChI is InChI=1S/C28H27ClN2O4/c1-18-9-12-22(29)15-23(18)30-27(32)17-31-24-16-26(35-3)25(34-2)14-21(24)13-20(28(31)33)11-10-19-7-5-4-6-8-19/h4-9,12-16H,10-11,17H2,1-3H3,(H,30,32). The third-order valence-corrected chi connectivity index (χ3v) is 6.21. The van der Waals surface area contributed by atoms with Gasteiger partial charge in [-0.25, -0.2) is 0 Å². The number of carbonyl (C=O) groups excluding carboxylic acids is 1. The molecule has 6 nitrogen and oxygen atoms in total. The van der Waals surface area contributed by atoms with E-state index in [9.17, 15) is 9.59 Å². The van der Waals surface area contributed by atoms with Crippen LogP contribution in [0.2, 0.25) is 5.02 Å². The van der Waals surface area contributed by atoms with Crippen molar-refractivity contribution in [2.24, 2.45) is 0 Å². The molecule has 0 aliphatic carbocycles. The zero-order valence-corrected chi connectivity index (χ0v) is 20.7. The van der Waals surface area contributed by atoms with E-state index in [0.717, 1.165) is 16.5 Å². The van der Waals surface area contributed by atoms with Crippen LogP contribution in [0.1, 0.15) is 16.7 Å². The number of ether oxygens (including phenoxy) is 2. The van der Waals surface area contributed by atoms with Crippen molar-refractivity contribution in [1.82, 2.24) is 4.57 Å². The summed E-state index contributed by atoms with van der Waals surface area (Å²) in [5.41, 5.74) is 3.63. The van der Waals surface area contributed by atoms with Crippen LogP contribution >= 0.6 is 11.6 Å². The van der Waals surface area contributed by atoms with Gasteiger partial charge in [0.15, 0.2) is 11.5 Å². The second-order valence-corrected chi connectivity index (χ2v) is 8.76. The van der Waals surface area contributed by atoms with Crippen molar-refractivity contribution >= 4 is 34.1 Å². The minimum Gasteiger partial charge on any atom is -0.493 e. The molecule has 0 unspecified atom stereocenters. The van der Waals surface area contributed by atoms with Gasteiger partial charge in [-0.2, -0.15) is 0 Å². The SMILES string of the molecule is COc1cc2cc(CCc3ccccc3)c(=O)n(CC(=O)Nc3cc(Cl)ccc3C)c2cc1OC. The fraction of sp³-hybridized carbons (Fsp3) is 0.214. The van der Waals surface area contributed by atoms with E-state index in [1.54, 1.807) is 25.3 Å². The number of halogens is 1. The molecule has 0 saturated heterocycles. The van der Waals surface area contributed by atoms with E-state index >= 15 is 0 Å². The quantitative estimate of drug-likeness (QED) is 0.359. The summed E-state index contributed by atoms with van der Waals surface area (Å²) >= 11 is 6.10. The summed E-state index contributed by atoms with van der Waals surface area (Å²) in [6.45, 7) is 1.73. The van der Waals surface area contributed by atoms with Gasteiger partial charge in [0.25, 0.3) is 5.56 Å². The van der Waals surface area contributed by atoms with Crippen LogP contribution in [-0.4, -0.2) is 24.7 Å². The number of anilines is 1. The van der Waals surface area contributed by atoms with Gasteiger partial charge in [-0.3, -0.25) is 14.2 Å². The largest absolute Gasteiger partial charge is 0.493 e. The molecule has 1 aromatic heterocycles. The van der Waals surface area contributed by atoms with Crippen LogP contribution in [0.25, 0.3) is 10.9 Å². The summed E-state index contributed by atoms with van der Waals surface area (Å²) in [6.07, 6.45) is 1.25. The van der Waals surface area contributed by atoms with Gasteiger partial charge in [-0.1, -0.05) is 48.0 Å². The number of benzene rings is 3. The molecule has 0 radical (unpaired) electrons. The molecule has 0 fully saturated rings. The molecule has 180 valence electrons. The Balaban J connectivity index is 1.74. The molecule has 0 aliphatic rings. The van der Waals surface area contributed by atoms with Gasteiger partial charge in [-0.05, 0) is 55.2 Å². The molecule has 35 heavy (non-hydrogen) atoms. The van der Waals surface area contributed by atoms with Crippen molar-refractivity contribution in [3.63, 3.8) is 0 Å². The molecule has 1 amide bonds. The maximum Gasteiger partial charge on any atom is 0.254 e. The van der Waals surface area contributed by atoms with Gasteiger partial charge in [0.1, 0.15) is 6.54 Å². The third kappa shape index (κ3) is 5.49. The van der Waals surface area contributed by atoms with Crippen molar-refractivity contribution in [2.75, 3.05) is 19.5 Å². The molecular formula is C28H27ClN2O4. The average molecular weight is 491 g/mol. The van der Waals surface area contributed by atoms with Crippen molar-refractivity contribution in [2.45, 2.75) is 26.3 Å². The van der Waals surface area contributed by atoms with Crippen molar-refractivity contribution in [1.29, 1.82) is 0 Å². The monoisotopic (exact) mass is 490 g/mol. The van der Waals surface area contributed by atoms with Gasteiger partial charge in [0.2, 0.25) is 5.91 Å². The van der Waals surface area contributed by atoms with E-state index in [4.69, 9.17) is 21.1 Å². The Bertz CT molecular complexity index is 1430. The van der Waals surface area contributed by atoms with Crippen LogP contribution in [0.4, 0.5) is 5.69 Å². The number of methoxy groups -OCH3 is 2. The lowest BCUT2D eigenvalue weighted by atomic mass is 10.0. The Morgan fingerprint density at radius 3 is 2.37 bits per heavy atom. The van der Waals surface area contributed by atoms with E-state index in [2.05, 4.69) is 5.32 Å². The Morgan fingerprint density at radius 2 is 1.66 bits per heavy atom. The number of aromatic nitrogens is 1. The number of hydrogen-bond donors (Lipinski definition) is 1. The second kappa shape index (κ2) is 10.7. The molecule has 0 aliphatic heterocycles. The van der Waals surface area contributed by atoms with E-state index in [-0.39, 0.29) is 18.0 Å². The number of amides is 1. The molecule has 0 spiro atoms. The second-order valence-electron chi connectivity index (χ2n) is 8.32. The predicted octanol–water partition coefficient (Wildman–Crippen LogP) is 5.40. The molecule has 4 rings (SSSR count). The minimum atomic E-state index is -0.325. The summed E-state index contributed by atoms with van der Waals surface area (Å²) in [7, 11) is 3.10. The van der Waals surface area contributed by atoms with Gasteiger partial charge < -0.3 is 14.8 Å². The average Bonchev–Trinajstić information content (AvgIpc) is 2.86. The van der Waals surface area contributed by atoms with Gasteiger partial charge in [-0.15, -0.1) is 0 Å². The summed E-state index contributed by atoms with van der Waals surface area (Å²) in [5.74, 6) is 0.711. The lowest BCUT2D eigenvalue weighted by Gasteiger charge is -2.16. The van der Waals surface area contributed by atoms with Gasteiger partial charge in [0.05, 0.1) is 19.7 Å². The van der Waals surface area contributed by atoms with Crippen LogP contribution < -0.4 is 20.3 Å². The van der Waals surface area contributed by atoms with Crippen LogP contribution in [0.5, 0.6) is 11.5 Å². The summed E-state index contributed by atoms with van der Waals surface area (Å²) in [4.78, 5) is 26.6. The van der Waals surface area contributed by atoms with Crippen LogP contribution in [0.3, 0.4) is 0 Å². The van der Waals surface area contributed by atoms with E-state index in [1.165, 1.54) is 11.7 Å². The van der Waals surface area contributed by atoms with Crippen LogP contribution in [0.15, 0.2) is 71.5 Å². The van der Waals surface area contributed by atoms with E-state index < -0.39 is 0 Å². The van der Waals surface area contributed by atoms with E-state index in [0.29, 0.717) is 46.1 Å². The third-order valence-electron chi connectivity index (χ3n) is 5.97. The molecule has 7 heteroatoms. The highest BCUT2D eigenvalue weighted by atomic mass is 35.5. The maximum absolute atomic E-state index is 13.6. The molecule has 3 aromatic carbocycles. The zero-order valence-electron chi connectivity index (χ0n) is 19.9. The topological polar surface area (TPSA) is 69.6 Å². The maximum atomic E-state index is 13.6. The number of carbonyl (C=O) groups is 1. The van der Waals surface area contributed by atoms with Gasteiger partial charge >= 0.3 is 0 Å². The minimum absolute atomic E-state index is 0.157. The zero-order chi connectivity index (χ0) is 24.9. The van der Waals surface area contributed by atoms with Crippen LogP contribution in [0, 0.1) is 6.92 Å². The summed E-state index contributed by atoms with van der Waals surface area (Å²) < 4.78 is 12.4. The Morgan fingerprint density at radius 1 is 0.943 bits per heavy atom. The first-order valence-electron chi connectivity index (χ1n) is 11.3. The Hall–Kier alpha value is -3.77. The number of pyridine rings is 1. The molecule has 1 heterocycles. The summed E-state index contributed by atoms with van der Waals surface area (Å²) in [5, 5.41) is 4.19. The fourth-order valence-electron chi connectivity index (χ4n) is 4.09. The number of hydrogen-bond acceptors (Lipinski definition) is 4. The number of nitrogens with one attached hydrogen (secondary N) is 1. The van der Waals surface area contributed by atoms with E-state index in [1.807, 2.05) is 55.5 Å². The van der Waals surface area contributed by atoms with Crippen LogP contribution in [-0.2, 0) is 24.2 Å². The first-order chi connectivity index (χ1) is 16.9. The summed E-state index contributed by atoms with van der Waals surface area (Å²) in [6, 6.07) is 20.7. The highest BCUT2D eigenvalue weighted by molar-refractivity contribution is 6.31. The number of fused-ring (bicyclic) bond motifs is 1. The fourth-order valence-corrected chi connectivity index (χ4v) is 4.26. The molecule has 1 N–H and O–H groups in total. The highest BCUT2D eigenvalue weighted by Gasteiger charge is 2.16. The highest BCUT2D eigenvalue weighted by Crippen LogP contribution is 2.32. The molecule has 0 atom stereocenters. The molecule has 0 bridgehead atoms. The predicted molar refractivity (Wildman–Crippen MR) is 140 cm³/mol. The molecular weight excluding hydrogens is 464 g/mol. The molecule has 0 saturated carbocycles. The Labute approximate surface area is 209 Å². The Kier molecular flexibility index (Phi) is 7.42. The first kappa shape index (κ1) is 24.4. The first-order valence-corrected chi connectivity index (χ1v) is 11.7. The molecule has 4 aromatic rings. The van der Waals surface area contributed by atoms with Crippen molar-refractivity contribution in [3.05, 3.63) is 98.8 Å².